The van der Waals surface area contributed by atoms with Crippen molar-refractivity contribution in [2.24, 2.45) is 0 Å². The van der Waals surface area contributed by atoms with Crippen molar-refractivity contribution < 1.29 is 9.90 Å². The van der Waals surface area contributed by atoms with Crippen LogP contribution in [-0.4, -0.2) is 15.6 Å². The highest BCUT2D eigenvalue weighted by Crippen LogP contribution is 2.38. The SMILES string of the molecule is Cc1cc(C#N)c(C)n1-c1sc2c(c1C(=O)O)CCCC2. The summed E-state index contributed by atoms with van der Waals surface area (Å²) in [6.07, 6.45) is 3.98. The van der Waals surface area contributed by atoms with Crippen LogP contribution < -0.4 is 0 Å². The molecule has 2 heterocycles. The molecule has 1 aliphatic carbocycles. The van der Waals surface area contributed by atoms with E-state index in [1.165, 1.54) is 4.88 Å². The normalized spacial score (nSPS) is 13.8. The quantitative estimate of drug-likeness (QED) is 0.921. The fourth-order valence-corrected chi connectivity index (χ4v) is 4.61. The van der Waals surface area contributed by atoms with Crippen LogP contribution in [0.1, 0.15) is 50.6 Å². The Morgan fingerprint density at radius 1 is 1.38 bits per heavy atom. The molecule has 3 rings (SSSR count). The van der Waals surface area contributed by atoms with Gasteiger partial charge in [-0.15, -0.1) is 11.3 Å². The van der Waals surface area contributed by atoms with Gasteiger partial charge in [0.05, 0.1) is 11.1 Å². The number of carbonyl (C=O) groups is 1. The van der Waals surface area contributed by atoms with Crippen LogP contribution in [0, 0.1) is 25.2 Å². The zero-order chi connectivity index (χ0) is 15.1. The number of carboxylic acids is 1. The monoisotopic (exact) mass is 300 g/mol. The van der Waals surface area contributed by atoms with Crippen molar-refractivity contribution in [1.29, 1.82) is 5.26 Å². The fourth-order valence-electron chi connectivity index (χ4n) is 3.12. The van der Waals surface area contributed by atoms with Gasteiger partial charge in [0, 0.05) is 16.3 Å². The molecule has 5 heteroatoms. The van der Waals surface area contributed by atoms with E-state index in [1.54, 1.807) is 11.3 Å². The summed E-state index contributed by atoms with van der Waals surface area (Å²) in [5.41, 5.74) is 3.76. The summed E-state index contributed by atoms with van der Waals surface area (Å²) in [5, 5.41) is 19.6. The predicted molar refractivity (Wildman–Crippen MR) is 81.4 cm³/mol. The van der Waals surface area contributed by atoms with E-state index in [2.05, 4.69) is 6.07 Å². The lowest BCUT2D eigenvalue weighted by Crippen LogP contribution is -2.09. The van der Waals surface area contributed by atoms with Crippen LogP contribution in [0.5, 0.6) is 0 Å². The van der Waals surface area contributed by atoms with Gasteiger partial charge in [-0.2, -0.15) is 5.26 Å². The maximum absolute atomic E-state index is 11.8. The van der Waals surface area contributed by atoms with Crippen LogP contribution >= 0.6 is 11.3 Å². The number of carboxylic acid groups (broad SMARTS) is 1. The van der Waals surface area contributed by atoms with E-state index in [-0.39, 0.29) is 0 Å². The Hall–Kier alpha value is -2.06. The Morgan fingerprint density at radius 3 is 2.71 bits per heavy atom. The molecule has 2 aromatic rings. The van der Waals surface area contributed by atoms with Gasteiger partial charge in [0.25, 0.3) is 0 Å². The van der Waals surface area contributed by atoms with Crippen molar-refractivity contribution in [3.05, 3.63) is 39.0 Å². The Morgan fingerprint density at radius 2 is 2.10 bits per heavy atom. The molecule has 0 bridgehead atoms. The lowest BCUT2D eigenvalue weighted by molar-refractivity contribution is 0.0696. The highest BCUT2D eigenvalue weighted by atomic mass is 32.1. The van der Waals surface area contributed by atoms with Gasteiger partial charge in [0.2, 0.25) is 0 Å². The lowest BCUT2D eigenvalue weighted by atomic mass is 9.95. The third-order valence-corrected chi connectivity index (χ3v) is 5.40. The average Bonchev–Trinajstić information content (AvgIpc) is 2.95. The van der Waals surface area contributed by atoms with E-state index < -0.39 is 5.97 Å². The Labute approximate surface area is 127 Å². The molecule has 2 aromatic heterocycles. The zero-order valence-electron chi connectivity index (χ0n) is 12.1. The van der Waals surface area contributed by atoms with Crippen LogP contribution in [0.3, 0.4) is 0 Å². The molecule has 0 spiro atoms. The number of aryl methyl sites for hydroxylation is 2. The highest BCUT2D eigenvalue weighted by molar-refractivity contribution is 7.15. The second-order valence-electron chi connectivity index (χ2n) is 5.43. The van der Waals surface area contributed by atoms with Crippen LogP contribution in [0.25, 0.3) is 5.00 Å². The molecular weight excluding hydrogens is 284 g/mol. The number of aromatic carboxylic acids is 1. The molecule has 0 fully saturated rings. The molecule has 0 aromatic carbocycles. The summed E-state index contributed by atoms with van der Waals surface area (Å²) in [5.74, 6) is -0.865. The number of thiophene rings is 1. The summed E-state index contributed by atoms with van der Waals surface area (Å²) >= 11 is 1.57. The largest absolute Gasteiger partial charge is 0.478 e. The number of nitriles is 1. The van der Waals surface area contributed by atoms with Crippen molar-refractivity contribution in [2.75, 3.05) is 0 Å². The van der Waals surface area contributed by atoms with Gasteiger partial charge >= 0.3 is 5.97 Å². The van der Waals surface area contributed by atoms with Crippen LogP contribution in [-0.2, 0) is 12.8 Å². The molecule has 0 saturated heterocycles. The van der Waals surface area contributed by atoms with Crippen LogP contribution in [0.15, 0.2) is 6.07 Å². The first-order chi connectivity index (χ1) is 10.0. The predicted octanol–water partition coefficient (Wildman–Crippen LogP) is 3.60. The van der Waals surface area contributed by atoms with Gasteiger partial charge in [-0.1, -0.05) is 0 Å². The molecule has 0 aliphatic heterocycles. The summed E-state index contributed by atoms with van der Waals surface area (Å²) in [6.45, 7) is 3.79. The highest BCUT2D eigenvalue weighted by Gasteiger charge is 2.27. The molecular formula is C16H16N2O2S. The van der Waals surface area contributed by atoms with Gasteiger partial charge < -0.3 is 9.67 Å². The second-order valence-corrected chi connectivity index (χ2v) is 6.51. The van der Waals surface area contributed by atoms with Crippen molar-refractivity contribution >= 4 is 17.3 Å². The van der Waals surface area contributed by atoms with Gasteiger partial charge in [0.15, 0.2) is 0 Å². The molecule has 0 atom stereocenters. The minimum Gasteiger partial charge on any atom is -0.478 e. The minimum atomic E-state index is -0.865. The number of aromatic nitrogens is 1. The molecule has 0 radical (unpaired) electrons. The van der Waals surface area contributed by atoms with Crippen molar-refractivity contribution in [3.63, 3.8) is 0 Å². The van der Waals surface area contributed by atoms with E-state index >= 15 is 0 Å². The zero-order valence-corrected chi connectivity index (χ0v) is 12.9. The van der Waals surface area contributed by atoms with Crippen molar-refractivity contribution in [2.45, 2.75) is 39.5 Å². The smallest absolute Gasteiger partial charge is 0.339 e. The van der Waals surface area contributed by atoms with Crippen LogP contribution in [0.4, 0.5) is 0 Å². The van der Waals surface area contributed by atoms with Gasteiger partial charge in [-0.05, 0) is 51.2 Å². The van der Waals surface area contributed by atoms with Crippen LogP contribution in [0.2, 0.25) is 0 Å². The lowest BCUT2D eigenvalue weighted by Gasteiger charge is -2.11. The van der Waals surface area contributed by atoms with E-state index in [0.717, 1.165) is 47.6 Å². The van der Waals surface area contributed by atoms with E-state index in [9.17, 15) is 9.90 Å². The molecule has 21 heavy (non-hydrogen) atoms. The third kappa shape index (κ3) is 2.07. The molecule has 1 N–H and O–H groups in total. The van der Waals surface area contributed by atoms with Crippen molar-refractivity contribution in [1.82, 2.24) is 4.57 Å². The number of nitrogens with zero attached hydrogens (tertiary/aromatic N) is 2. The van der Waals surface area contributed by atoms with Crippen molar-refractivity contribution in [3.8, 4) is 11.1 Å². The van der Waals surface area contributed by atoms with E-state index in [1.807, 2.05) is 24.5 Å². The van der Waals surface area contributed by atoms with Gasteiger partial charge in [0.1, 0.15) is 11.1 Å². The number of rotatable bonds is 2. The van der Waals surface area contributed by atoms with E-state index in [0.29, 0.717) is 11.1 Å². The summed E-state index contributed by atoms with van der Waals surface area (Å²) in [7, 11) is 0. The molecule has 0 unspecified atom stereocenters. The maximum Gasteiger partial charge on any atom is 0.339 e. The number of hydrogen-bond acceptors (Lipinski definition) is 3. The Kier molecular flexibility index (Phi) is 3.34. The topological polar surface area (TPSA) is 66.0 Å². The maximum atomic E-state index is 11.8. The second kappa shape index (κ2) is 5.05. The first-order valence-electron chi connectivity index (χ1n) is 7.01. The van der Waals surface area contributed by atoms with E-state index in [4.69, 9.17) is 5.26 Å². The van der Waals surface area contributed by atoms with Gasteiger partial charge in [-0.3, -0.25) is 0 Å². The molecule has 1 aliphatic rings. The average molecular weight is 300 g/mol. The summed E-state index contributed by atoms with van der Waals surface area (Å²) in [6, 6.07) is 3.99. The molecule has 4 nitrogen and oxygen atoms in total. The fraction of sp³-hybridized carbons (Fsp3) is 0.375. The Bertz CT molecular complexity index is 777. The third-order valence-electron chi connectivity index (χ3n) is 4.12. The number of fused-ring (bicyclic) bond motifs is 1. The Balaban J connectivity index is 2.29. The molecule has 0 amide bonds. The molecule has 108 valence electrons. The summed E-state index contributed by atoms with van der Waals surface area (Å²) in [4.78, 5) is 12.9. The number of hydrogen-bond donors (Lipinski definition) is 1. The van der Waals surface area contributed by atoms with Gasteiger partial charge in [-0.25, -0.2) is 4.79 Å². The standard InChI is InChI=1S/C16H16N2O2S/c1-9-7-11(8-17)10(2)18(9)15-14(16(19)20)12-5-3-4-6-13(12)21-15/h7H,3-6H2,1-2H3,(H,19,20). The first kappa shape index (κ1) is 13.9. The molecule has 0 saturated carbocycles. The summed E-state index contributed by atoms with van der Waals surface area (Å²) < 4.78 is 1.92. The minimum absolute atomic E-state index is 0.431. The first-order valence-corrected chi connectivity index (χ1v) is 7.83.